The van der Waals surface area contributed by atoms with Gasteiger partial charge in [0, 0.05) is 30.0 Å². The zero-order valence-corrected chi connectivity index (χ0v) is 15.8. The molecule has 0 spiro atoms. The third kappa shape index (κ3) is 4.20. The number of nitrogens with zero attached hydrogens (tertiary/aromatic N) is 4. The van der Waals surface area contributed by atoms with E-state index in [9.17, 15) is 4.79 Å². The van der Waals surface area contributed by atoms with Crippen LogP contribution in [-0.4, -0.2) is 47.0 Å². The Morgan fingerprint density at radius 2 is 1.79 bits per heavy atom. The number of nitrogens with one attached hydrogen (secondary N) is 1. The highest BCUT2D eigenvalue weighted by atomic mass is 16.5. The molecule has 0 saturated carbocycles. The molecule has 1 fully saturated rings. The van der Waals surface area contributed by atoms with E-state index in [0.29, 0.717) is 11.6 Å². The Labute approximate surface area is 164 Å². The number of benzene rings is 2. The van der Waals surface area contributed by atoms with Gasteiger partial charge in [0.05, 0.1) is 13.2 Å². The summed E-state index contributed by atoms with van der Waals surface area (Å²) >= 11 is 0. The second-order valence-corrected chi connectivity index (χ2v) is 6.70. The fourth-order valence-electron chi connectivity index (χ4n) is 3.28. The molecule has 1 N–H and O–H groups in total. The highest BCUT2D eigenvalue weighted by Gasteiger charge is 2.14. The van der Waals surface area contributed by atoms with Crippen molar-refractivity contribution in [2.24, 2.45) is 0 Å². The molecular weight excluding hydrogens is 354 g/mol. The standard InChI is InChI=1S/C21H23N5O2/c1-16-22-21(17-5-3-2-4-6-17)26(24-16)15-20(27)23-18-7-9-19(10-8-18)25-11-13-28-14-12-25/h2-10H,11-15H2,1H3,(H,23,27). The first kappa shape index (κ1) is 18.2. The van der Waals surface area contributed by atoms with Crippen LogP contribution in [0.15, 0.2) is 54.6 Å². The normalized spacial score (nSPS) is 14.1. The van der Waals surface area contributed by atoms with Crippen molar-refractivity contribution in [3.63, 3.8) is 0 Å². The summed E-state index contributed by atoms with van der Waals surface area (Å²) < 4.78 is 7.03. The number of aryl methyl sites for hydroxylation is 1. The number of ether oxygens (including phenoxy) is 1. The molecule has 1 aliphatic rings. The summed E-state index contributed by atoms with van der Waals surface area (Å²) in [5.74, 6) is 1.19. The highest BCUT2D eigenvalue weighted by Crippen LogP contribution is 2.20. The molecule has 1 aromatic heterocycles. The van der Waals surface area contributed by atoms with Crippen LogP contribution in [0.4, 0.5) is 11.4 Å². The molecule has 144 valence electrons. The zero-order chi connectivity index (χ0) is 19.3. The lowest BCUT2D eigenvalue weighted by molar-refractivity contribution is -0.116. The van der Waals surface area contributed by atoms with Crippen LogP contribution in [0.25, 0.3) is 11.4 Å². The average molecular weight is 377 g/mol. The second-order valence-electron chi connectivity index (χ2n) is 6.70. The number of hydrogen-bond donors (Lipinski definition) is 1. The van der Waals surface area contributed by atoms with E-state index in [1.165, 1.54) is 0 Å². The number of aromatic nitrogens is 3. The van der Waals surface area contributed by atoms with E-state index in [4.69, 9.17) is 4.74 Å². The Kier molecular flexibility index (Phi) is 5.34. The zero-order valence-electron chi connectivity index (χ0n) is 15.8. The third-order valence-corrected chi connectivity index (χ3v) is 4.63. The molecule has 1 amide bonds. The summed E-state index contributed by atoms with van der Waals surface area (Å²) in [5, 5.41) is 7.31. The van der Waals surface area contributed by atoms with Crippen molar-refractivity contribution >= 4 is 17.3 Å². The van der Waals surface area contributed by atoms with E-state index in [1.54, 1.807) is 4.68 Å². The van der Waals surface area contributed by atoms with E-state index in [1.807, 2.05) is 61.5 Å². The molecule has 2 aromatic carbocycles. The first-order valence-electron chi connectivity index (χ1n) is 9.38. The first-order chi connectivity index (χ1) is 13.7. The Bertz CT molecular complexity index is 931. The van der Waals surface area contributed by atoms with Crippen LogP contribution in [0.1, 0.15) is 5.82 Å². The van der Waals surface area contributed by atoms with Crippen LogP contribution in [0.3, 0.4) is 0 Å². The van der Waals surface area contributed by atoms with Gasteiger partial charge in [-0.05, 0) is 31.2 Å². The van der Waals surface area contributed by atoms with Crippen LogP contribution in [0.5, 0.6) is 0 Å². The van der Waals surface area contributed by atoms with E-state index in [2.05, 4.69) is 20.3 Å². The second kappa shape index (κ2) is 8.22. The lowest BCUT2D eigenvalue weighted by Gasteiger charge is -2.28. The van der Waals surface area contributed by atoms with Gasteiger partial charge in [-0.1, -0.05) is 30.3 Å². The van der Waals surface area contributed by atoms with Gasteiger partial charge in [0.1, 0.15) is 12.4 Å². The quantitative estimate of drug-likeness (QED) is 0.740. The van der Waals surface area contributed by atoms with Gasteiger partial charge in [0.25, 0.3) is 0 Å². The maximum Gasteiger partial charge on any atom is 0.246 e. The van der Waals surface area contributed by atoms with E-state index < -0.39 is 0 Å². The predicted molar refractivity (Wildman–Crippen MR) is 108 cm³/mol. The van der Waals surface area contributed by atoms with Crippen molar-refractivity contribution in [3.05, 3.63) is 60.4 Å². The molecule has 0 unspecified atom stereocenters. The SMILES string of the molecule is Cc1nc(-c2ccccc2)n(CC(=O)Nc2ccc(N3CCOCC3)cc2)n1. The largest absolute Gasteiger partial charge is 0.378 e. The summed E-state index contributed by atoms with van der Waals surface area (Å²) in [6, 6.07) is 17.7. The lowest BCUT2D eigenvalue weighted by atomic mass is 10.2. The predicted octanol–water partition coefficient (Wildman–Crippen LogP) is 2.73. The molecule has 7 heteroatoms. The Morgan fingerprint density at radius 3 is 2.50 bits per heavy atom. The molecule has 0 bridgehead atoms. The van der Waals surface area contributed by atoms with Crippen molar-refractivity contribution in [2.45, 2.75) is 13.5 Å². The Balaban J connectivity index is 1.42. The highest BCUT2D eigenvalue weighted by molar-refractivity contribution is 5.91. The number of hydrogen-bond acceptors (Lipinski definition) is 5. The monoisotopic (exact) mass is 377 g/mol. The van der Waals surface area contributed by atoms with Gasteiger partial charge in [0.2, 0.25) is 5.91 Å². The Morgan fingerprint density at radius 1 is 1.07 bits per heavy atom. The third-order valence-electron chi connectivity index (χ3n) is 4.63. The minimum absolute atomic E-state index is 0.107. The smallest absolute Gasteiger partial charge is 0.246 e. The van der Waals surface area contributed by atoms with Crippen molar-refractivity contribution in [1.82, 2.24) is 14.8 Å². The maximum atomic E-state index is 12.5. The summed E-state index contributed by atoms with van der Waals surface area (Å²) in [6.07, 6.45) is 0. The van der Waals surface area contributed by atoms with Gasteiger partial charge < -0.3 is 15.0 Å². The van der Waals surface area contributed by atoms with Gasteiger partial charge in [-0.25, -0.2) is 9.67 Å². The van der Waals surface area contributed by atoms with Crippen LogP contribution in [-0.2, 0) is 16.1 Å². The molecule has 7 nitrogen and oxygen atoms in total. The van der Waals surface area contributed by atoms with Gasteiger partial charge in [-0.15, -0.1) is 0 Å². The summed E-state index contributed by atoms with van der Waals surface area (Å²) in [6.45, 7) is 5.21. The molecule has 3 aromatic rings. The van der Waals surface area contributed by atoms with Crippen molar-refractivity contribution < 1.29 is 9.53 Å². The van der Waals surface area contributed by atoms with Crippen molar-refractivity contribution in [3.8, 4) is 11.4 Å². The Hall–Kier alpha value is -3.19. The van der Waals surface area contributed by atoms with Crippen molar-refractivity contribution in [1.29, 1.82) is 0 Å². The summed E-state index contributed by atoms with van der Waals surface area (Å²) in [7, 11) is 0. The molecule has 0 aliphatic carbocycles. The molecule has 0 radical (unpaired) electrons. The van der Waals surface area contributed by atoms with Gasteiger partial charge in [-0.3, -0.25) is 4.79 Å². The minimum Gasteiger partial charge on any atom is -0.378 e. The number of rotatable bonds is 5. The van der Waals surface area contributed by atoms with Crippen LogP contribution >= 0.6 is 0 Å². The fraction of sp³-hybridized carbons (Fsp3) is 0.286. The van der Waals surface area contributed by atoms with E-state index in [0.717, 1.165) is 43.2 Å². The first-order valence-corrected chi connectivity index (χ1v) is 9.38. The van der Waals surface area contributed by atoms with Gasteiger partial charge >= 0.3 is 0 Å². The molecule has 1 aliphatic heterocycles. The maximum absolute atomic E-state index is 12.5. The van der Waals surface area contributed by atoms with Crippen molar-refractivity contribution in [2.75, 3.05) is 36.5 Å². The minimum atomic E-state index is -0.138. The molecule has 1 saturated heterocycles. The molecule has 2 heterocycles. The number of morpholine rings is 1. The molecule has 4 rings (SSSR count). The van der Waals surface area contributed by atoms with Crippen LogP contribution in [0.2, 0.25) is 0 Å². The molecule has 0 atom stereocenters. The van der Waals surface area contributed by atoms with Crippen LogP contribution in [0, 0.1) is 6.92 Å². The lowest BCUT2D eigenvalue weighted by Crippen LogP contribution is -2.36. The number of carbonyl (C=O) groups excluding carboxylic acids is 1. The number of amides is 1. The topological polar surface area (TPSA) is 72.3 Å². The average Bonchev–Trinajstić information content (AvgIpc) is 3.10. The van der Waals surface area contributed by atoms with E-state index >= 15 is 0 Å². The molecular formula is C21H23N5O2. The van der Waals surface area contributed by atoms with Gasteiger partial charge in [-0.2, -0.15) is 5.10 Å². The fourth-order valence-corrected chi connectivity index (χ4v) is 3.28. The molecule has 28 heavy (non-hydrogen) atoms. The van der Waals surface area contributed by atoms with Gasteiger partial charge in [0.15, 0.2) is 5.82 Å². The number of anilines is 2. The summed E-state index contributed by atoms with van der Waals surface area (Å²) in [4.78, 5) is 19.3. The van der Waals surface area contributed by atoms with Crippen LogP contribution < -0.4 is 10.2 Å². The van der Waals surface area contributed by atoms with E-state index in [-0.39, 0.29) is 12.5 Å². The number of carbonyl (C=O) groups is 1. The summed E-state index contributed by atoms with van der Waals surface area (Å²) in [5.41, 5.74) is 2.84.